The van der Waals surface area contributed by atoms with Gasteiger partial charge in [-0.25, -0.2) is 13.6 Å². The van der Waals surface area contributed by atoms with Crippen LogP contribution in [0.4, 0.5) is 19.3 Å². The Kier molecular flexibility index (Phi) is 7.01. The van der Waals surface area contributed by atoms with Crippen LogP contribution in [0, 0.1) is 11.6 Å². The Bertz CT molecular complexity index is 1100. The van der Waals surface area contributed by atoms with Gasteiger partial charge >= 0.3 is 12.1 Å². The third-order valence-electron chi connectivity index (χ3n) is 5.31. The molecule has 2 aliphatic rings. The number of nitrogens with zero attached hydrogens (tertiary/aromatic N) is 4. The molecular weight excluding hydrogens is 474 g/mol. The topological polar surface area (TPSA) is 111 Å². The zero-order chi connectivity index (χ0) is 24.2. The second kappa shape index (κ2) is 10.1. The molecule has 0 N–H and O–H groups in total. The standard InChI is InChI=1S/C21H20F2N4O6S/c1-12(28)31-11-19(29)26-4-2-13(3-5-26)20-16(22)6-14(7-17(20)23)27-15(10-33-21(27)30)9-32-18-8-24-34-25-18/h2,6-8,15H,3-5,9-11H2,1H3/t15-/m1/s1. The Balaban J connectivity index is 1.48. The fraction of sp³-hybridized carbons (Fsp3) is 0.381. The van der Waals surface area contributed by atoms with Crippen LogP contribution >= 0.6 is 11.7 Å². The summed E-state index contributed by atoms with van der Waals surface area (Å²) in [5, 5.41) is 0. The van der Waals surface area contributed by atoms with Gasteiger partial charge in [0.1, 0.15) is 37.1 Å². The maximum absolute atomic E-state index is 15.0. The summed E-state index contributed by atoms with van der Waals surface area (Å²) in [5.41, 5.74) is 0.184. The highest BCUT2D eigenvalue weighted by molar-refractivity contribution is 6.99. The molecule has 1 aromatic heterocycles. The lowest BCUT2D eigenvalue weighted by Gasteiger charge is -2.27. The van der Waals surface area contributed by atoms with E-state index in [1.807, 2.05) is 0 Å². The maximum atomic E-state index is 15.0. The molecule has 1 saturated heterocycles. The number of hydrogen-bond donors (Lipinski definition) is 0. The molecule has 0 spiro atoms. The van der Waals surface area contributed by atoms with Crippen LogP contribution in [0.2, 0.25) is 0 Å². The summed E-state index contributed by atoms with van der Waals surface area (Å²) in [6.07, 6.45) is 2.45. The number of cyclic esters (lactones) is 1. The summed E-state index contributed by atoms with van der Waals surface area (Å²) in [6.45, 7) is 1.15. The molecule has 0 radical (unpaired) electrons. The van der Waals surface area contributed by atoms with Crippen molar-refractivity contribution in [3.63, 3.8) is 0 Å². The molecule has 13 heteroatoms. The van der Waals surface area contributed by atoms with Gasteiger partial charge in [-0.1, -0.05) is 6.08 Å². The van der Waals surface area contributed by atoms with Crippen LogP contribution < -0.4 is 9.64 Å². The van der Waals surface area contributed by atoms with Crippen molar-refractivity contribution < 1.29 is 37.4 Å². The molecule has 1 aromatic carbocycles. The van der Waals surface area contributed by atoms with E-state index in [0.29, 0.717) is 5.57 Å². The van der Waals surface area contributed by atoms with Gasteiger partial charge in [0.2, 0.25) is 5.88 Å². The summed E-state index contributed by atoms with van der Waals surface area (Å²) < 4.78 is 53.0. The molecule has 4 rings (SSSR count). The summed E-state index contributed by atoms with van der Waals surface area (Å²) in [6, 6.07) is 1.53. The lowest BCUT2D eigenvalue weighted by Crippen LogP contribution is -2.38. The molecule has 2 aliphatic heterocycles. The highest BCUT2D eigenvalue weighted by Crippen LogP contribution is 2.33. The Morgan fingerprint density at radius 3 is 2.68 bits per heavy atom. The zero-order valence-electron chi connectivity index (χ0n) is 18.0. The molecule has 3 heterocycles. The van der Waals surface area contributed by atoms with Crippen LogP contribution in [0.3, 0.4) is 0 Å². The van der Waals surface area contributed by atoms with E-state index in [1.54, 1.807) is 6.08 Å². The van der Waals surface area contributed by atoms with Crippen molar-refractivity contribution in [3.8, 4) is 5.88 Å². The molecular formula is C21H20F2N4O6S. The molecule has 34 heavy (non-hydrogen) atoms. The zero-order valence-corrected chi connectivity index (χ0v) is 18.8. The minimum atomic E-state index is -0.844. The quantitative estimate of drug-likeness (QED) is 0.540. The molecule has 1 fully saturated rings. The number of ether oxygens (including phenoxy) is 3. The van der Waals surface area contributed by atoms with Crippen molar-refractivity contribution in [2.24, 2.45) is 0 Å². The van der Waals surface area contributed by atoms with E-state index in [1.165, 1.54) is 18.0 Å². The van der Waals surface area contributed by atoms with Crippen LogP contribution in [0.5, 0.6) is 5.88 Å². The molecule has 2 amide bonds. The molecule has 2 aromatic rings. The van der Waals surface area contributed by atoms with E-state index in [0.717, 1.165) is 28.8 Å². The van der Waals surface area contributed by atoms with Crippen LogP contribution in [-0.2, 0) is 19.1 Å². The number of aromatic nitrogens is 2. The second-order valence-corrected chi connectivity index (χ2v) is 8.10. The van der Waals surface area contributed by atoms with Gasteiger partial charge in [-0.15, -0.1) is 4.37 Å². The first kappa shape index (κ1) is 23.5. The van der Waals surface area contributed by atoms with Gasteiger partial charge in [-0.3, -0.25) is 14.5 Å². The van der Waals surface area contributed by atoms with E-state index < -0.39 is 35.6 Å². The van der Waals surface area contributed by atoms with Gasteiger partial charge in [0, 0.05) is 25.6 Å². The number of benzene rings is 1. The predicted molar refractivity (Wildman–Crippen MR) is 115 cm³/mol. The van der Waals surface area contributed by atoms with E-state index in [9.17, 15) is 14.4 Å². The number of amides is 2. The first-order valence-electron chi connectivity index (χ1n) is 10.3. The Hall–Kier alpha value is -3.61. The van der Waals surface area contributed by atoms with E-state index >= 15 is 8.78 Å². The molecule has 0 unspecified atom stereocenters. The van der Waals surface area contributed by atoms with Crippen LogP contribution in [-0.4, -0.2) is 70.6 Å². The van der Waals surface area contributed by atoms with Crippen molar-refractivity contribution in [2.75, 3.05) is 37.8 Å². The number of esters is 1. The SMILES string of the molecule is CC(=O)OCC(=O)N1CC=C(c2c(F)cc(N3C(=O)OC[C@H]3COc3cnsn3)cc2F)CC1. The Morgan fingerprint density at radius 2 is 2.06 bits per heavy atom. The summed E-state index contributed by atoms with van der Waals surface area (Å²) >= 11 is 0.961. The fourth-order valence-electron chi connectivity index (χ4n) is 3.68. The first-order valence-corrected chi connectivity index (χ1v) is 11.0. The van der Waals surface area contributed by atoms with Gasteiger partial charge in [0.25, 0.3) is 5.91 Å². The van der Waals surface area contributed by atoms with Crippen LogP contribution in [0.15, 0.2) is 24.4 Å². The molecule has 0 aliphatic carbocycles. The first-order chi connectivity index (χ1) is 16.3. The minimum absolute atomic E-state index is 0.000785. The Morgan fingerprint density at radius 1 is 1.29 bits per heavy atom. The van der Waals surface area contributed by atoms with Gasteiger partial charge < -0.3 is 19.1 Å². The number of halogens is 2. The summed E-state index contributed by atoms with van der Waals surface area (Å²) in [7, 11) is 0. The lowest BCUT2D eigenvalue weighted by atomic mass is 9.97. The average molecular weight is 494 g/mol. The number of anilines is 1. The van der Waals surface area contributed by atoms with Gasteiger partial charge in [0.15, 0.2) is 6.61 Å². The van der Waals surface area contributed by atoms with Crippen LogP contribution in [0.1, 0.15) is 18.9 Å². The average Bonchev–Trinajstić information content (AvgIpc) is 3.45. The number of hydrogen-bond acceptors (Lipinski definition) is 9. The fourth-order valence-corrected chi connectivity index (χ4v) is 4.05. The van der Waals surface area contributed by atoms with Gasteiger partial charge in [0.05, 0.1) is 17.4 Å². The maximum Gasteiger partial charge on any atom is 0.414 e. The van der Waals surface area contributed by atoms with Crippen molar-refractivity contribution >= 4 is 41.0 Å². The molecule has 1 atom stereocenters. The van der Waals surface area contributed by atoms with Gasteiger partial charge in [-0.2, -0.15) is 4.37 Å². The largest absolute Gasteiger partial charge is 0.474 e. The van der Waals surface area contributed by atoms with Gasteiger partial charge in [-0.05, 0) is 24.1 Å². The van der Waals surface area contributed by atoms with E-state index in [2.05, 4.69) is 8.75 Å². The number of rotatable bonds is 7. The third kappa shape index (κ3) is 5.14. The smallest absolute Gasteiger partial charge is 0.414 e. The highest BCUT2D eigenvalue weighted by atomic mass is 32.1. The third-order valence-corrected chi connectivity index (χ3v) is 5.77. The van der Waals surface area contributed by atoms with E-state index in [-0.39, 0.29) is 56.5 Å². The molecule has 10 nitrogen and oxygen atoms in total. The number of carbonyl (C=O) groups is 3. The normalized spacial score (nSPS) is 17.9. The minimum Gasteiger partial charge on any atom is -0.474 e. The van der Waals surface area contributed by atoms with E-state index in [4.69, 9.17) is 14.2 Å². The highest BCUT2D eigenvalue weighted by Gasteiger charge is 2.36. The van der Waals surface area contributed by atoms with Crippen molar-refractivity contribution in [3.05, 3.63) is 41.6 Å². The van der Waals surface area contributed by atoms with Crippen LogP contribution in [0.25, 0.3) is 5.57 Å². The summed E-state index contributed by atoms with van der Waals surface area (Å²) in [5.74, 6) is -2.37. The monoisotopic (exact) mass is 494 g/mol. The summed E-state index contributed by atoms with van der Waals surface area (Å²) in [4.78, 5) is 37.7. The number of carbonyl (C=O) groups excluding carboxylic acids is 3. The molecule has 0 bridgehead atoms. The lowest BCUT2D eigenvalue weighted by molar-refractivity contribution is -0.150. The van der Waals surface area contributed by atoms with Crippen molar-refractivity contribution in [2.45, 2.75) is 19.4 Å². The second-order valence-electron chi connectivity index (χ2n) is 7.54. The predicted octanol–water partition coefficient (Wildman–Crippen LogP) is 2.40. The van der Waals surface area contributed by atoms with Crippen molar-refractivity contribution in [1.82, 2.24) is 13.6 Å². The molecule has 180 valence electrons. The Labute approximate surface area is 197 Å². The molecule has 0 saturated carbocycles. The van der Waals surface area contributed by atoms with Crippen molar-refractivity contribution in [1.29, 1.82) is 0 Å².